The summed E-state index contributed by atoms with van der Waals surface area (Å²) >= 11 is 5.91. The number of likely N-dealkylation sites (tertiary alicyclic amines) is 1. The van der Waals surface area contributed by atoms with Crippen LogP contribution in [0.1, 0.15) is 34.3 Å². The number of halogens is 1. The molecular formula is C19H18ClNO3. The molecule has 2 aromatic rings. The Balaban J connectivity index is 1.73. The summed E-state index contributed by atoms with van der Waals surface area (Å²) in [6.07, 6.45) is 1.51. The predicted molar refractivity (Wildman–Crippen MR) is 92.2 cm³/mol. The van der Waals surface area contributed by atoms with E-state index < -0.39 is 5.97 Å². The van der Waals surface area contributed by atoms with E-state index in [-0.39, 0.29) is 5.91 Å². The van der Waals surface area contributed by atoms with Crippen LogP contribution in [-0.2, 0) is 11.3 Å². The van der Waals surface area contributed by atoms with E-state index in [1.54, 1.807) is 36.4 Å². The van der Waals surface area contributed by atoms with Gasteiger partial charge in [-0.2, -0.15) is 0 Å². The van der Waals surface area contributed by atoms with E-state index in [2.05, 4.69) is 0 Å². The lowest BCUT2D eigenvalue weighted by Crippen LogP contribution is -2.24. The molecule has 0 aliphatic carbocycles. The van der Waals surface area contributed by atoms with Gasteiger partial charge in [-0.3, -0.25) is 4.79 Å². The monoisotopic (exact) mass is 343 g/mol. The SMILES string of the molecule is Cc1cc(Cl)ccc1OC(=O)c1cccc(CN2CCCC2=O)c1. The highest BCUT2D eigenvalue weighted by Gasteiger charge is 2.20. The summed E-state index contributed by atoms with van der Waals surface area (Å²) in [4.78, 5) is 25.9. The zero-order valence-corrected chi connectivity index (χ0v) is 14.2. The molecular weight excluding hydrogens is 326 g/mol. The maximum Gasteiger partial charge on any atom is 0.343 e. The molecule has 4 nitrogen and oxygen atoms in total. The third-order valence-electron chi connectivity index (χ3n) is 4.05. The molecule has 0 saturated carbocycles. The maximum atomic E-state index is 12.4. The van der Waals surface area contributed by atoms with Gasteiger partial charge >= 0.3 is 5.97 Å². The zero-order valence-electron chi connectivity index (χ0n) is 13.4. The zero-order chi connectivity index (χ0) is 17.1. The van der Waals surface area contributed by atoms with E-state index in [1.807, 2.05) is 17.9 Å². The highest BCUT2D eigenvalue weighted by Crippen LogP contribution is 2.23. The molecule has 0 N–H and O–H groups in total. The Morgan fingerprint density at radius 3 is 2.79 bits per heavy atom. The number of carbonyl (C=O) groups is 2. The van der Waals surface area contributed by atoms with Crippen LogP contribution in [0.4, 0.5) is 0 Å². The van der Waals surface area contributed by atoms with Crippen molar-refractivity contribution in [2.75, 3.05) is 6.54 Å². The van der Waals surface area contributed by atoms with E-state index in [0.29, 0.717) is 29.3 Å². The number of hydrogen-bond acceptors (Lipinski definition) is 3. The molecule has 1 saturated heterocycles. The second-order valence-electron chi connectivity index (χ2n) is 5.92. The third-order valence-corrected chi connectivity index (χ3v) is 4.28. The van der Waals surface area contributed by atoms with Crippen molar-refractivity contribution in [1.82, 2.24) is 4.90 Å². The van der Waals surface area contributed by atoms with Crippen LogP contribution in [0.15, 0.2) is 42.5 Å². The van der Waals surface area contributed by atoms with E-state index in [0.717, 1.165) is 24.1 Å². The van der Waals surface area contributed by atoms with E-state index >= 15 is 0 Å². The van der Waals surface area contributed by atoms with Crippen LogP contribution >= 0.6 is 11.6 Å². The van der Waals surface area contributed by atoms with Crippen molar-refractivity contribution in [3.8, 4) is 5.75 Å². The van der Waals surface area contributed by atoms with E-state index in [4.69, 9.17) is 16.3 Å². The van der Waals surface area contributed by atoms with Gasteiger partial charge in [-0.15, -0.1) is 0 Å². The highest BCUT2D eigenvalue weighted by molar-refractivity contribution is 6.30. The summed E-state index contributed by atoms with van der Waals surface area (Å²) in [7, 11) is 0. The first-order valence-electron chi connectivity index (χ1n) is 7.88. The van der Waals surface area contributed by atoms with Crippen molar-refractivity contribution in [2.45, 2.75) is 26.3 Å². The van der Waals surface area contributed by atoms with E-state index in [1.165, 1.54) is 0 Å². The number of aryl methyl sites for hydroxylation is 1. The number of rotatable bonds is 4. The molecule has 0 aromatic heterocycles. The van der Waals surface area contributed by atoms with Gasteiger partial charge in [-0.25, -0.2) is 4.79 Å². The smallest absolute Gasteiger partial charge is 0.343 e. The predicted octanol–water partition coefficient (Wildman–Crippen LogP) is 3.99. The molecule has 0 unspecified atom stereocenters. The quantitative estimate of drug-likeness (QED) is 0.623. The fraction of sp³-hybridized carbons (Fsp3) is 0.263. The summed E-state index contributed by atoms with van der Waals surface area (Å²) in [6, 6.07) is 12.3. The molecule has 124 valence electrons. The molecule has 1 aliphatic rings. The average Bonchev–Trinajstić information content (AvgIpc) is 2.95. The molecule has 1 fully saturated rings. The second-order valence-corrected chi connectivity index (χ2v) is 6.35. The van der Waals surface area contributed by atoms with Gasteiger partial charge in [0.2, 0.25) is 5.91 Å². The summed E-state index contributed by atoms with van der Waals surface area (Å²) in [6.45, 7) is 3.14. The minimum Gasteiger partial charge on any atom is -0.423 e. The number of nitrogens with zero attached hydrogens (tertiary/aromatic N) is 1. The minimum absolute atomic E-state index is 0.166. The van der Waals surface area contributed by atoms with Gasteiger partial charge < -0.3 is 9.64 Å². The molecule has 0 spiro atoms. The fourth-order valence-corrected chi connectivity index (χ4v) is 3.00. The van der Waals surface area contributed by atoms with Gasteiger partial charge in [-0.05, 0) is 54.8 Å². The first-order valence-corrected chi connectivity index (χ1v) is 8.26. The largest absolute Gasteiger partial charge is 0.423 e. The van der Waals surface area contributed by atoms with Gasteiger partial charge in [0.1, 0.15) is 5.75 Å². The Morgan fingerprint density at radius 2 is 2.08 bits per heavy atom. The molecule has 0 bridgehead atoms. The molecule has 5 heteroatoms. The van der Waals surface area contributed by atoms with Crippen molar-refractivity contribution >= 4 is 23.5 Å². The third kappa shape index (κ3) is 3.77. The van der Waals surface area contributed by atoms with Gasteiger partial charge in [-0.1, -0.05) is 23.7 Å². The standard InChI is InChI=1S/C19H18ClNO3/c1-13-10-16(20)7-8-17(13)24-19(23)15-5-2-4-14(11-15)12-21-9-3-6-18(21)22/h2,4-5,7-8,10-11H,3,6,9,12H2,1H3. The van der Waals surface area contributed by atoms with Gasteiger partial charge in [0, 0.05) is 24.5 Å². The molecule has 24 heavy (non-hydrogen) atoms. The summed E-state index contributed by atoms with van der Waals surface area (Å²) in [5, 5.41) is 0.601. The van der Waals surface area contributed by atoms with E-state index in [9.17, 15) is 9.59 Å². The number of amides is 1. The molecule has 1 amide bonds. The fourth-order valence-electron chi connectivity index (χ4n) is 2.77. The summed E-state index contributed by atoms with van der Waals surface area (Å²) in [5.41, 5.74) is 2.19. The van der Waals surface area contributed by atoms with Crippen LogP contribution in [-0.4, -0.2) is 23.3 Å². The van der Waals surface area contributed by atoms with Crippen molar-refractivity contribution in [3.63, 3.8) is 0 Å². The maximum absolute atomic E-state index is 12.4. The topological polar surface area (TPSA) is 46.6 Å². The Morgan fingerprint density at radius 1 is 1.25 bits per heavy atom. The van der Waals surface area contributed by atoms with Crippen molar-refractivity contribution in [2.24, 2.45) is 0 Å². The average molecular weight is 344 g/mol. The normalized spacial score (nSPS) is 14.1. The van der Waals surface area contributed by atoms with Gasteiger partial charge in [0.15, 0.2) is 0 Å². The van der Waals surface area contributed by atoms with Crippen LogP contribution in [0.3, 0.4) is 0 Å². The molecule has 0 atom stereocenters. The van der Waals surface area contributed by atoms with Crippen molar-refractivity contribution in [3.05, 3.63) is 64.2 Å². The Labute approximate surface area is 146 Å². The minimum atomic E-state index is -0.421. The van der Waals surface area contributed by atoms with Crippen molar-refractivity contribution in [1.29, 1.82) is 0 Å². The van der Waals surface area contributed by atoms with Gasteiger partial charge in [0.05, 0.1) is 5.56 Å². The molecule has 1 aliphatic heterocycles. The molecule has 2 aromatic carbocycles. The Hall–Kier alpha value is -2.33. The Kier molecular flexibility index (Phi) is 4.86. The van der Waals surface area contributed by atoms with Crippen LogP contribution in [0.25, 0.3) is 0 Å². The molecule has 0 radical (unpaired) electrons. The lowest BCUT2D eigenvalue weighted by atomic mass is 10.1. The van der Waals surface area contributed by atoms with Gasteiger partial charge in [0.25, 0.3) is 0 Å². The number of ether oxygens (including phenoxy) is 1. The Bertz CT molecular complexity index is 788. The van der Waals surface area contributed by atoms with Crippen LogP contribution in [0.5, 0.6) is 5.75 Å². The van der Waals surface area contributed by atoms with Crippen LogP contribution in [0, 0.1) is 6.92 Å². The number of esters is 1. The lowest BCUT2D eigenvalue weighted by Gasteiger charge is -2.16. The lowest BCUT2D eigenvalue weighted by molar-refractivity contribution is -0.128. The first kappa shape index (κ1) is 16.5. The van der Waals surface area contributed by atoms with Crippen LogP contribution in [0.2, 0.25) is 5.02 Å². The number of carbonyl (C=O) groups excluding carboxylic acids is 2. The second kappa shape index (κ2) is 7.05. The first-order chi connectivity index (χ1) is 11.5. The number of benzene rings is 2. The molecule has 1 heterocycles. The number of hydrogen-bond donors (Lipinski definition) is 0. The molecule has 3 rings (SSSR count). The van der Waals surface area contributed by atoms with Crippen molar-refractivity contribution < 1.29 is 14.3 Å². The van der Waals surface area contributed by atoms with Crippen LogP contribution < -0.4 is 4.74 Å². The summed E-state index contributed by atoms with van der Waals surface area (Å²) < 4.78 is 5.45. The highest BCUT2D eigenvalue weighted by atomic mass is 35.5. The summed E-state index contributed by atoms with van der Waals surface area (Å²) in [5.74, 6) is 0.235.